The maximum Gasteiger partial charge on any atom is 0.335 e. The van der Waals surface area contributed by atoms with Crippen LogP contribution in [0.5, 0.6) is 11.5 Å². The van der Waals surface area contributed by atoms with Crippen LogP contribution < -0.4 is 9.47 Å². The minimum atomic E-state index is -1.00. The molecule has 2 aromatic rings. The van der Waals surface area contributed by atoms with E-state index in [4.69, 9.17) is 19.7 Å². The van der Waals surface area contributed by atoms with Gasteiger partial charge in [0, 0.05) is 0 Å². The number of hydrogen-bond acceptors (Lipinski definition) is 4. The fourth-order valence-corrected chi connectivity index (χ4v) is 1.55. The number of carboxylic acids is 2. The summed E-state index contributed by atoms with van der Waals surface area (Å²) in [4.78, 5) is 21.4. The molecule has 0 saturated carbocycles. The molecule has 0 bridgehead atoms. The van der Waals surface area contributed by atoms with Gasteiger partial charge in [-0.2, -0.15) is 0 Å². The minimum Gasteiger partial charge on any atom is -0.478 e. The number of ether oxygens (including phenoxy) is 2. The fourth-order valence-electron chi connectivity index (χ4n) is 1.55. The van der Waals surface area contributed by atoms with Gasteiger partial charge in [-0.3, -0.25) is 0 Å². The quantitative estimate of drug-likeness (QED) is 0.793. The number of carboxylic acid groups (broad SMARTS) is 2. The highest BCUT2D eigenvalue weighted by atomic mass is 16.7. The lowest BCUT2D eigenvalue weighted by atomic mass is 10.2. The zero-order valence-electron chi connectivity index (χ0n) is 10.9. The van der Waals surface area contributed by atoms with Crippen LogP contribution in [-0.4, -0.2) is 28.9 Å². The average Bonchev–Trinajstić information content (AvgIpc) is 2.48. The minimum absolute atomic E-state index is 0.0706. The second kappa shape index (κ2) is 6.42. The summed E-state index contributed by atoms with van der Waals surface area (Å²) in [7, 11) is 0. The lowest BCUT2D eigenvalue weighted by Gasteiger charge is -2.08. The predicted octanol–water partition coefficient (Wildman–Crippen LogP) is 2.50. The Morgan fingerprint density at radius 2 is 1.05 bits per heavy atom. The molecule has 0 aliphatic carbocycles. The summed E-state index contributed by atoms with van der Waals surface area (Å²) in [5.74, 6) is -1.06. The van der Waals surface area contributed by atoms with E-state index < -0.39 is 11.9 Å². The molecule has 0 atom stereocenters. The first-order chi connectivity index (χ1) is 10.1. The van der Waals surface area contributed by atoms with Crippen molar-refractivity contribution in [1.29, 1.82) is 0 Å². The van der Waals surface area contributed by atoms with E-state index >= 15 is 0 Å². The van der Waals surface area contributed by atoms with Crippen molar-refractivity contribution in [3.05, 3.63) is 59.7 Å². The van der Waals surface area contributed by atoms with Crippen molar-refractivity contribution >= 4 is 11.9 Å². The molecule has 0 aliphatic heterocycles. The van der Waals surface area contributed by atoms with Gasteiger partial charge in [-0.1, -0.05) is 0 Å². The number of hydrogen-bond donors (Lipinski definition) is 2. The Kier molecular flexibility index (Phi) is 4.40. The topological polar surface area (TPSA) is 93.1 Å². The lowest BCUT2D eigenvalue weighted by molar-refractivity contribution is 0.0686. The van der Waals surface area contributed by atoms with Crippen molar-refractivity contribution in [2.75, 3.05) is 6.79 Å². The first-order valence-corrected chi connectivity index (χ1v) is 5.98. The van der Waals surface area contributed by atoms with Gasteiger partial charge in [0.1, 0.15) is 11.5 Å². The summed E-state index contributed by atoms with van der Waals surface area (Å²) in [5.41, 5.74) is 0.347. The molecule has 0 aromatic heterocycles. The molecular weight excluding hydrogens is 276 g/mol. The molecule has 0 unspecified atom stereocenters. The highest BCUT2D eigenvalue weighted by molar-refractivity contribution is 5.88. The van der Waals surface area contributed by atoms with Gasteiger partial charge in [0.15, 0.2) is 0 Å². The third-order valence-corrected chi connectivity index (χ3v) is 2.65. The third kappa shape index (κ3) is 3.97. The summed E-state index contributed by atoms with van der Waals surface area (Å²) >= 11 is 0. The van der Waals surface area contributed by atoms with Gasteiger partial charge in [0.05, 0.1) is 11.1 Å². The molecule has 2 aromatic carbocycles. The molecule has 0 amide bonds. The van der Waals surface area contributed by atoms with Crippen molar-refractivity contribution in [1.82, 2.24) is 0 Å². The lowest BCUT2D eigenvalue weighted by Crippen LogP contribution is -2.06. The summed E-state index contributed by atoms with van der Waals surface area (Å²) in [5, 5.41) is 17.5. The first-order valence-electron chi connectivity index (χ1n) is 5.98. The SMILES string of the molecule is O=C(O)c1ccc(OCOc2ccc(C(=O)O)cc2)cc1. The fraction of sp³-hybridized carbons (Fsp3) is 0.0667. The van der Waals surface area contributed by atoms with Crippen molar-refractivity contribution in [3.8, 4) is 11.5 Å². The maximum atomic E-state index is 10.7. The van der Waals surface area contributed by atoms with Gasteiger partial charge in [0.25, 0.3) is 0 Å². The van der Waals surface area contributed by atoms with E-state index in [-0.39, 0.29) is 17.9 Å². The van der Waals surface area contributed by atoms with E-state index in [1.807, 2.05) is 0 Å². The molecule has 0 radical (unpaired) electrons. The molecule has 0 fully saturated rings. The van der Waals surface area contributed by atoms with Crippen LogP contribution in [0.25, 0.3) is 0 Å². The van der Waals surface area contributed by atoms with Crippen LogP contribution >= 0.6 is 0 Å². The molecule has 2 N–H and O–H groups in total. The Labute approximate surface area is 120 Å². The number of aromatic carboxylic acids is 2. The Morgan fingerprint density at radius 1 is 0.714 bits per heavy atom. The maximum absolute atomic E-state index is 10.7. The zero-order valence-corrected chi connectivity index (χ0v) is 10.9. The Hall–Kier alpha value is -3.02. The Balaban J connectivity index is 1.86. The molecule has 108 valence electrons. The summed E-state index contributed by atoms with van der Waals surface area (Å²) < 4.78 is 10.6. The van der Waals surface area contributed by atoms with Crippen LogP contribution in [0.15, 0.2) is 48.5 Å². The summed E-state index contributed by atoms with van der Waals surface area (Å²) in [6, 6.07) is 11.8. The van der Waals surface area contributed by atoms with Gasteiger partial charge in [-0.15, -0.1) is 0 Å². The van der Waals surface area contributed by atoms with Crippen LogP contribution in [0.2, 0.25) is 0 Å². The van der Waals surface area contributed by atoms with Gasteiger partial charge in [-0.25, -0.2) is 9.59 Å². The van der Waals surface area contributed by atoms with Crippen molar-refractivity contribution in [2.24, 2.45) is 0 Å². The van der Waals surface area contributed by atoms with E-state index in [0.29, 0.717) is 11.5 Å². The zero-order chi connectivity index (χ0) is 15.2. The molecule has 0 saturated heterocycles. The van der Waals surface area contributed by atoms with E-state index in [9.17, 15) is 9.59 Å². The summed E-state index contributed by atoms with van der Waals surface area (Å²) in [6.45, 7) is -0.0706. The Bertz CT molecular complexity index is 573. The smallest absolute Gasteiger partial charge is 0.335 e. The van der Waals surface area contributed by atoms with Crippen LogP contribution in [0.3, 0.4) is 0 Å². The number of carbonyl (C=O) groups is 2. The monoisotopic (exact) mass is 288 g/mol. The van der Waals surface area contributed by atoms with E-state index in [1.54, 1.807) is 0 Å². The molecule has 6 nitrogen and oxygen atoms in total. The van der Waals surface area contributed by atoms with Gasteiger partial charge in [-0.05, 0) is 48.5 Å². The molecule has 2 rings (SSSR count). The first kappa shape index (κ1) is 14.4. The number of benzene rings is 2. The van der Waals surface area contributed by atoms with Crippen LogP contribution in [0.1, 0.15) is 20.7 Å². The predicted molar refractivity (Wildman–Crippen MR) is 72.9 cm³/mol. The molecule has 21 heavy (non-hydrogen) atoms. The second-order valence-electron chi connectivity index (χ2n) is 4.07. The molecular formula is C15H12O6. The highest BCUT2D eigenvalue weighted by Crippen LogP contribution is 2.15. The number of rotatable bonds is 6. The van der Waals surface area contributed by atoms with Crippen molar-refractivity contribution in [3.63, 3.8) is 0 Å². The summed E-state index contributed by atoms with van der Waals surface area (Å²) in [6.07, 6.45) is 0. The van der Waals surface area contributed by atoms with E-state index in [0.717, 1.165) is 0 Å². The largest absolute Gasteiger partial charge is 0.478 e. The van der Waals surface area contributed by atoms with Gasteiger partial charge < -0.3 is 19.7 Å². The molecule has 0 heterocycles. The average molecular weight is 288 g/mol. The van der Waals surface area contributed by atoms with Gasteiger partial charge in [0.2, 0.25) is 6.79 Å². The van der Waals surface area contributed by atoms with Crippen LogP contribution in [0.4, 0.5) is 0 Å². The standard InChI is InChI=1S/C15H12O6/c16-14(17)10-1-5-12(6-2-10)20-9-21-13-7-3-11(4-8-13)15(18)19/h1-8H,9H2,(H,16,17)(H,18,19). The normalized spacial score (nSPS) is 9.90. The van der Waals surface area contributed by atoms with E-state index in [1.165, 1.54) is 48.5 Å². The second-order valence-corrected chi connectivity index (χ2v) is 4.07. The van der Waals surface area contributed by atoms with Crippen LogP contribution in [-0.2, 0) is 0 Å². The van der Waals surface area contributed by atoms with E-state index in [2.05, 4.69) is 0 Å². The van der Waals surface area contributed by atoms with Crippen molar-refractivity contribution in [2.45, 2.75) is 0 Å². The molecule has 0 aliphatic rings. The third-order valence-electron chi connectivity index (χ3n) is 2.65. The molecule has 0 spiro atoms. The highest BCUT2D eigenvalue weighted by Gasteiger charge is 2.03. The molecule has 6 heteroatoms. The van der Waals surface area contributed by atoms with Crippen molar-refractivity contribution < 1.29 is 29.3 Å². The van der Waals surface area contributed by atoms with Gasteiger partial charge >= 0.3 is 11.9 Å². The van der Waals surface area contributed by atoms with Crippen LogP contribution in [0, 0.1) is 0 Å². The Morgan fingerprint density at radius 3 is 1.33 bits per heavy atom.